The number of benzene rings is 8. The Balaban J connectivity index is 0.000000378. The molecule has 0 aliphatic carbocycles. The molecule has 0 aromatic heterocycles. The number of nitrogen functional groups attached to an aromatic ring is 2. The van der Waals surface area contributed by atoms with Crippen LogP contribution in [0.25, 0.3) is 43.1 Å². The van der Waals surface area contributed by atoms with Crippen molar-refractivity contribution in [2.24, 2.45) is 40.9 Å². The lowest BCUT2D eigenvalue weighted by atomic mass is 10.0. The summed E-state index contributed by atoms with van der Waals surface area (Å²) in [6.07, 6.45) is 3.05. The summed E-state index contributed by atoms with van der Waals surface area (Å²) in [6, 6.07) is 27.3. The van der Waals surface area contributed by atoms with Crippen molar-refractivity contribution < 1.29 is 45.7 Å². The molecule has 84 heavy (non-hydrogen) atoms. The third-order valence-electron chi connectivity index (χ3n) is 11.6. The number of anilines is 4. The van der Waals surface area contributed by atoms with Gasteiger partial charge in [0, 0.05) is 119 Å². The van der Waals surface area contributed by atoms with Crippen molar-refractivity contribution in [2.45, 2.75) is 64.0 Å². The second kappa shape index (κ2) is 31.8. The molecule has 0 radical (unpaired) electrons. The van der Waals surface area contributed by atoms with Gasteiger partial charge in [-0.05, 0) is 90.0 Å². The highest BCUT2D eigenvalue weighted by Gasteiger charge is 2.25. The van der Waals surface area contributed by atoms with Gasteiger partial charge in [0.1, 0.15) is 40.0 Å². The average molecular weight is 1210 g/mol. The molecule has 25 heteroatoms. The second-order valence-corrected chi connectivity index (χ2v) is 24.2. The van der Waals surface area contributed by atoms with Gasteiger partial charge in [-0.3, -0.25) is 0 Å². The Morgan fingerprint density at radius 2 is 0.976 bits per heavy atom. The summed E-state index contributed by atoms with van der Waals surface area (Å²) in [7, 11) is 2.67. The van der Waals surface area contributed by atoms with Crippen LogP contribution in [0, 0.1) is 6.92 Å². The molecule has 22 nitrogen and oxygen atoms in total. The van der Waals surface area contributed by atoms with Gasteiger partial charge in [0.05, 0.1) is 32.6 Å². The predicted molar refractivity (Wildman–Crippen MR) is 345 cm³/mol. The van der Waals surface area contributed by atoms with Crippen LogP contribution < -0.4 is 21.3 Å². The number of phenolic OH excluding ortho intramolecular Hbond substituents is 4. The highest BCUT2D eigenvalue weighted by atomic mass is 32.2. The monoisotopic (exact) mass is 1210 g/mol. The van der Waals surface area contributed by atoms with Crippen LogP contribution in [0.15, 0.2) is 148 Å². The first-order valence-electron chi connectivity index (χ1n) is 26.2. The minimum atomic E-state index is -3.79. The minimum absolute atomic E-state index is 0.0518. The first-order chi connectivity index (χ1) is 39.5. The lowest BCUT2D eigenvalue weighted by Crippen LogP contribution is -2.10. The van der Waals surface area contributed by atoms with E-state index in [0.29, 0.717) is 72.1 Å². The Bertz CT molecular complexity index is 4080. The number of azo groups is 4. The molecule has 0 saturated heterocycles. The number of rotatable bonds is 10. The van der Waals surface area contributed by atoms with E-state index in [1.54, 1.807) is 82.6 Å². The van der Waals surface area contributed by atoms with E-state index in [-0.39, 0.29) is 38.4 Å². The number of nitrogens with zero attached hydrogens (tertiary/aromatic N) is 10. The standard InChI is InChI=1S/C16H21N3O5S2.C14H17N3O3S.C12H13N3O.C11H11N3O.3C2H6/c1-17-18-15-11-8-14(26(5,23)24)12(9-25(4,21)22)16(20)10(11)6-7-13(15)19(2)3;1-15-16-14-11-7-9(21(4,19)20)8-13(18)10(11)5-6-12(14)17(2)3;1-7-5-8-3-4-9(15-14-2)12(13)11(8)10(16)6-7;1-13-14-9-6-5-7-3-2-4-8(12)10(7)11(9)15;3*1-2/h6-8,20H,9H2,1-5H3;5-8,18H,1-4H3;3-6,16H,13H2,1-2H3;2-6,15H,12H2,1H3;3*1-2H3. The van der Waals surface area contributed by atoms with Crippen LogP contribution in [0.2, 0.25) is 0 Å². The van der Waals surface area contributed by atoms with Crippen molar-refractivity contribution in [1.82, 2.24) is 0 Å². The fraction of sp³-hybridized carbons (Fsp3) is 0.322. The van der Waals surface area contributed by atoms with Crippen LogP contribution in [-0.2, 0) is 35.3 Å². The van der Waals surface area contributed by atoms with Crippen molar-refractivity contribution in [1.29, 1.82) is 0 Å². The first-order valence-corrected chi connectivity index (χ1v) is 32.1. The van der Waals surface area contributed by atoms with Gasteiger partial charge in [0.25, 0.3) is 0 Å². The third-order valence-corrected chi connectivity index (χ3v) is 14.7. The molecule has 0 saturated carbocycles. The van der Waals surface area contributed by atoms with Crippen molar-refractivity contribution in [3.63, 3.8) is 0 Å². The molecule has 0 fully saturated rings. The molecule has 0 amide bonds. The number of fused-ring (bicyclic) bond motifs is 4. The highest BCUT2D eigenvalue weighted by Crippen LogP contribution is 2.45. The normalized spacial score (nSPS) is 11.4. The van der Waals surface area contributed by atoms with Gasteiger partial charge in [-0.25, -0.2) is 25.3 Å². The molecule has 8 aromatic rings. The number of aryl methyl sites for hydroxylation is 1. The van der Waals surface area contributed by atoms with Crippen LogP contribution >= 0.6 is 0 Å². The highest BCUT2D eigenvalue weighted by molar-refractivity contribution is 7.91. The van der Waals surface area contributed by atoms with E-state index in [0.717, 1.165) is 40.8 Å². The molecule has 0 spiro atoms. The molecule has 8 N–H and O–H groups in total. The van der Waals surface area contributed by atoms with Gasteiger partial charge in [0.15, 0.2) is 35.3 Å². The summed E-state index contributed by atoms with van der Waals surface area (Å²) < 4.78 is 71.5. The number of phenols is 4. The SMILES string of the molecule is CC.CC.CC.CN=Nc1c(N(C)C)ccc2c(O)c(CS(C)(=O)=O)c(S(C)(=O)=O)cc12.CN=Nc1c(N(C)C)ccc2c(O)cc(S(C)(=O)=O)cc12.CN=Nc1ccc2cc(C)cc(O)c2c1N.CN=Nc1ccc2cccc(N)c2c1O. The van der Waals surface area contributed by atoms with E-state index >= 15 is 0 Å². The van der Waals surface area contributed by atoms with Gasteiger partial charge in [0.2, 0.25) is 0 Å². The van der Waals surface area contributed by atoms with Gasteiger partial charge in [-0.15, -0.1) is 0 Å². The Morgan fingerprint density at radius 3 is 1.46 bits per heavy atom. The fourth-order valence-electron chi connectivity index (χ4n) is 8.25. The lowest BCUT2D eigenvalue weighted by molar-refractivity contribution is 0.473. The van der Waals surface area contributed by atoms with E-state index in [1.807, 2.05) is 104 Å². The zero-order valence-electron chi connectivity index (χ0n) is 51.0. The number of aromatic hydroxyl groups is 4. The number of sulfone groups is 3. The molecule has 0 aliphatic heterocycles. The molecule has 454 valence electrons. The largest absolute Gasteiger partial charge is 0.507 e. The van der Waals surface area contributed by atoms with E-state index in [9.17, 15) is 45.7 Å². The van der Waals surface area contributed by atoms with Crippen LogP contribution in [0.4, 0.5) is 45.5 Å². The number of hydrogen-bond donors (Lipinski definition) is 6. The van der Waals surface area contributed by atoms with Crippen LogP contribution in [0.5, 0.6) is 23.0 Å². The minimum Gasteiger partial charge on any atom is -0.507 e. The summed E-state index contributed by atoms with van der Waals surface area (Å²) in [5.41, 5.74) is 17.0. The second-order valence-electron chi connectivity index (χ2n) is 18.1. The fourth-order valence-corrected chi connectivity index (χ4v) is 10.8. The van der Waals surface area contributed by atoms with Crippen LogP contribution in [0.3, 0.4) is 0 Å². The van der Waals surface area contributed by atoms with E-state index in [2.05, 4.69) is 40.9 Å². The zero-order valence-corrected chi connectivity index (χ0v) is 53.5. The van der Waals surface area contributed by atoms with Crippen molar-refractivity contribution in [3.8, 4) is 23.0 Å². The summed E-state index contributed by atoms with van der Waals surface area (Å²) in [4.78, 5) is 3.45. The first kappa shape index (κ1) is 71.6. The topological polar surface area (TPSA) is 341 Å². The van der Waals surface area contributed by atoms with Crippen LogP contribution in [0.1, 0.15) is 52.7 Å². The van der Waals surface area contributed by atoms with Gasteiger partial charge in [-0.2, -0.15) is 40.9 Å². The maximum Gasteiger partial charge on any atom is 0.175 e. The molecular formula is C59H80N12O10S3. The molecule has 0 atom stereocenters. The van der Waals surface area contributed by atoms with Crippen molar-refractivity contribution in [2.75, 3.05) is 96.4 Å². The van der Waals surface area contributed by atoms with Gasteiger partial charge in [-0.1, -0.05) is 71.9 Å². The summed E-state index contributed by atoms with van der Waals surface area (Å²) in [6.45, 7) is 13.9. The van der Waals surface area contributed by atoms with Crippen molar-refractivity contribution >= 4 is 118 Å². The van der Waals surface area contributed by atoms with E-state index in [1.165, 1.54) is 25.2 Å². The summed E-state index contributed by atoms with van der Waals surface area (Å²) in [5, 5.41) is 76.2. The molecule has 0 heterocycles. The number of nitrogens with two attached hydrogens (primary N) is 2. The number of hydrogen-bond acceptors (Lipinski definition) is 22. The maximum absolute atomic E-state index is 12.3. The van der Waals surface area contributed by atoms with E-state index < -0.39 is 35.3 Å². The molecule has 8 rings (SSSR count). The molecule has 0 bridgehead atoms. The molecule has 0 aliphatic rings. The Labute approximate surface area is 493 Å². The molecule has 8 aromatic carbocycles. The Morgan fingerprint density at radius 1 is 0.488 bits per heavy atom. The van der Waals surface area contributed by atoms with Crippen LogP contribution in [-0.4, -0.2) is 121 Å². The Kier molecular flexibility index (Phi) is 27.1. The maximum atomic E-state index is 12.3. The van der Waals surface area contributed by atoms with E-state index in [4.69, 9.17) is 11.5 Å². The van der Waals surface area contributed by atoms with Gasteiger partial charge < -0.3 is 41.7 Å². The zero-order chi connectivity index (χ0) is 64.2. The Hall–Kier alpha value is -8.55. The smallest absolute Gasteiger partial charge is 0.175 e. The third kappa shape index (κ3) is 18.0. The summed E-state index contributed by atoms with van der Waals surface area (Å²) in [5.74, 6) is -0.800. The summed E-state index contributed by atoms with van der Waals surface area (Å²) >= 11 is 0. The quantitative estimate of drug-likeness (QED) is 0.0548. The average Bonchev–Trinajstić information content (AvgIpc) is 1.44. The van der Waals surface area contributed by atoms with Crippen molar-refractivity contribution in [3.05, 3.63) is 108 Å². The molecular weight excluding hydrogens is 1130 g/mol. The lowest BCUT2D eigenvalue weighted by Gasteiger charge is -2.19. The van der Waals surface area contributed by atoms with Gasteiger partial charge >= 0.3 is 0 Å². The molecule has 0 unspecified atom stereocenters. The predicted octanol–water partition coefficient (Wildman–Crippen LogP) is 14.1.